The molecule has 148 valence electrons. The van der Waals surface area contributed by atoms with Crippen LogP contribution in [0.4, 0.5) is 11.4 Å². The van der Waals surface area contributed by atoms with E-state index in [0.717, 1.165) is 12.8 Å². The predicted octanol–water partition coefficient (Wildman–Crippen LogP) is 3.62. The molecule has 0 spiro atoms. The van der Waals surface area contributed by atoms with E-state index in [1.54, 1.807) is 48.5 Å². The van der Waals surface area contributed by atoms with Gasteiger partial charge >= 0.3 is 5.97 Å². The number of ether oxygens (including phenoxy) is 2. The van der Waals surface area contributed by atoms with Crippen LogP contribution in [0.25, 0.3) is 0 Å². The summed E-state index contributed by atoms with van der Waals surface area (Å²) in [6.45, 7) is 3.69. The third kappa shape index (κ3) is 7.11. The number of hydrogen-bond acceptors (Lipinski definition) is 5. The summed E-state index contributed by atoms with van der Waals surface area (Å²) >= 11 is 0. The smallest absolute Gasteiger partial charge is 0.338 e. The lowest BCUT2D eigenvalue weighted by Gasteiger charge is -2.09. The van der Waals surface area contributed by atoms with E-state index in [1.807, 2.05) is 0 Å². The fourth-order valence-electron chi connectivity index (χ4n) is 2.31. The Labute approximate surface area is 164 Å². The third-order valence-electron chi connectivity index (χ3n) is 3.66. The van der Waals surface area contributed by atoms with Crippen LogP contribution in [0.15, 0.2) is 48.5 Å². The van der Waals surface area contributed by atoms with Crippen molar-refractivity contribution in [2.24, 2.45) is 0 Å². The summed E-state index contributed by atoms with van der Waals surface area (Å²) in [7, 11) is 0. The molecular weight excluding hydrogens is 360 g/mol. The number of esters is 1. The highest BCUT2D eigenvalue weighted by Crippen LogP contribution is 2.16. The molecule has 0 heterocycles. The van der Waals surface area contributed by atoms with Gasteiger partial charge in [-0.25, -0.2) is 4.79 Å². The molecule has 0 aliphatic rings. The van der Waals surface area contributed by atoms with Crippen molar-refractivity contribution in [3.05, 3.63) is 54.1 Å². The van der Waals surface area contributed by atoms with Crippen molar-refractivity contribution in [3.8, 4) is 5.75 Å². The molecule has 28 heavy (non-hydrogen) atoms. The van der Waals surface area contributed by atoms with E-state index in [-0.39, 0.29) is 5.91 Å². The molecule has 2 aromatic carbocycles. The van der Waals surface area contributed by atoms with Gasteiger partial charge in [0.2, 0.25) is 5.91 Å². The Morgan fingerprint density at radius 3 is 2.29 bits per heavy atom. The van der Waals surface area contributed by atoms with E-state index in [0.29, 0.717) is 29.3 Å². The molecule has 0 unspecified atom stereocenters. The predicted molar refractivity (Wildman–Crippen MR) is 107 cm³/mol. The molecule has 7 heteroatoms. The Balaban J connectivity index is 1.82. The molecule has 7 nitrogen and oxygen atoms in total. The molecule has 0 atom stereocenters. The quantitative estimate of drug-likeness (QED) is 0.509. The minimum atomic E-state index is -0.595. The van der Waals surface area contributed by atoms with Gasteiger partial charge in [0.1, 0.15) is 5.75 Å². The van der Waals surface area contributed by atoms with Gasteiger partial charge < -0.3 is 20.1 Å². The molecule has 2 amide bonds. The lowest BCUT2D eigenvalue weighted by molar-refractivity contribution is -0.119. The Kier molecular flexibility index (Phi) is 8.02. The number of hydrogen-bond donors (Lipinski definition) is 2. The molecule has 2 aromatic rings. The van der Waals surface area contributed by atoms with Crippen molar-refractivity contribution in [3.63, 3.8) is 0 Å². The first-order chi connectivity index (χ1) is 13.5. The molecule has 0 aliphatic heterocycles. The number of amides is 2. The Morgan fingerprint density at radius 1 is 0.964 bits per heavy atom. The number of benzene rings is 2. The van der Waals surface area contributed by atoms with Gasteiger partial charge in [0.25, 0.3) is 5.91 Å². The molecule has 2 N–H and O–H groups in total. The van der Waals surface area contributed by atoms with Crippen molar-refractivity contribution >= 4 is 29.2 Å². The summed E-state index contributed by atoms with van der Waals surface area (Å²) in [4.78, 5) is 35.1. The van der Waals surface area contributed by atoms with Crippen molar-refractivity contribution in [1.29, 1.82) is 0 Å². The zero-order chi connectivity index (χ0) is 20.4. The standard InChI is InChI=1S/C21H24N2O5/c1-3-4-12-27-19-10-8-16(9-11-19)21(26)28-14-20(25)23-18-7-5-6-17(13-18)22-15(2)24/h5-11,13H,3-4,12,14H2,1-2H3,(H,22,24)(H,23,25). The minimum absolute atomic E-state index is 0.209. The van der Waals surface area contributed by atoms with Crippen molar-refractivity contribution in [2.75, 3.05) is 23.8 Å². The lowest BCUT2D eigenvalue weighted by atomic mass is 10.2. The molecule has 0 saturated carbocycles. The lowest BCUT2D eigenvalue weighted by Crippen LogP contribution is -2.21. The fourth-order valence-corrected chi connectivity index (χ4v) is 2.31. The first-order valence-electron chi connectivity index (χ1n) is 9.05. The van der Waals surface area contributed by atoms with Crippen LogP contribution in [0.5, 0.6) is 5.75 Å². The first-order valence-corrected chi connectivity index (χ1v) is 9.05. The average molecular weight is 384 g/mol. The molecule has 0 aromatic heterocycles. The number of carbonyl (C=O) groups is 3. The zero-order valence-corrected chi connectivity index (χ0v) is 16.0. The molecular formula is C21H24N2O5. The summed E-state index contributed by atoms with van der Waals surface area (Å²) in [5, 5.41) is 5.24. The minimum Gasteiger partial charge on any atom is -0.494 e. The molecule has 2 rings (SSSR count). The van der Waals surface area contributed by atoms with E-state index < -0.39 is 18.5 Å². The van der Waals surface area contributed by atoms with Crippen LogP contribution in [0.1, 0.15) is 37.0 Å². The maximum Gasteiger partial charge on any atom is 0.338 e. The first kappa shape index (κ1) is 21.0. The highest BCUT2D eigenvalue weighted by atomic mass is 16.5. The topological polar surface area (TPSA) is 93.7 Å². The monoisotopic (exact) mass is 384 g/mol. The number of nitrogens with one attached hydrogen (secondary N) is 2. The van der Waals surface area contributed by atoms with Crippen molar-refractivity contribution in [1.82, 2.24) is 0 Å². The summed E-state index contributed by atoms with van der Waals surface area (Å²) < 4.78 is 10.6. The number of carbonyl (C=O) groups excluding carboxylic acids is 3. The van der Waals surface area contributed by atoms with E-state index in [1.165, 1.54) is 6.92 Å². The summed E-state index contributed by atoms with van der Waals surface area (Å²) in [5.74, 6) is -0.601. The van der Waals surface area contributed by atoms with Crippen LogP contribution in [0, 0.1) is 0 Å². The van der Waals surface area contributed by atoms with E-state index >= 15 is 0 Å². The molecule has 0 bridgehead atoms. The maximum atomic E-state index is 12.1. The zero-order valence-electron chi connectivity index (χ0n) is 16.0. The van der Waals surface area contributed by atoms with Gasteiger partial charge in [-0.2, -0.15) is 0 Å². The van der Waals surface area contributed by atoms with Gasteiger partial charge in [0, 0.05) is 18.3 Å². The third-order valence-corrected chi connectivity index (χ3v) is 3.66. The Morgan fingerprint density at radius 2 is 1.64 bits per heavy atom. The van der Waals surface area contributed by atoms with E-state index in [4.69, 9.17) is 9.47 Å². The summed E-state index contributed by atoms with van der Waals surface area (Å²) in [6.07, 6.45) is 2.01. The van der Waals surface area contributed by atoms with Crippen LogP contribution in [-0.4, -0.2) is 31.0 Å². The van der Waals surface area contributed by atoms with E-state index in [9.17, 15) is 14.4 Å². The molecule has 0 radical (unpaired) electrons. The van der Waals surface area contributed by atoms with Crippen LogP contribution in [0.2, 0.25) is 0 Å². The Bertz CT molecular complexity index is 818. The SMILES string of the molecule is CCCCOc1ccc(C(=O)OCC(=O)Nc2cccc(NC(C)=O)c2)cc1. The number of anilines is 2. The highest BCUT2D eigenvalue weighted by Gasteiger charge is 2.11. The fraction of sp³-hybridized carbons (Fsp3) is 0.286. The molecule has 0 fully saturated rings. The van der Waals surface area contributed by atoms with Gasteiger partial charge in [-0.3, -0.25) is 9.59 Å². The molecule has 0 aliphatic carbocycles. The van der Waals surface area contributed by atoms with Gasteiger partial charge in [0.15, 0.2) is 6.61 Å². The van der Waals surface area contributed by atoms with Gasteiger partial charge in [-0.1, -0.05) is 19.4 Å². The second-order valence-corrected chi connectivity index (χ2v) is 6.11. The second kappa shape index (κ2) is 10.7. The summed E-state index contributed by atoms with van der Waals surface area (Å²) in [5.41, 5.74) is 1.38. The van der Waals surface area contributed by atoms with Crippen molar-refractivity contribution < 1.29 is 23.9 Å². The van der Waals surface area contributed by atoms with Crippen LogP contribution < -0.4 is 15.4 Å². The normalized spacial score (nSPS) is 10.1. The van der Waals surface area contributed by atoms with Gasteiger partial charge in [-0.05, 0) is 48.9 Å². The number of rotatable bonds is 9. The number of unbranched alkanes of at least 4 members (excludes halogenated alkanes) is 1. The molecule has 0 saturated heterocycles. The second-order valence-electron chi connectivity index (χ2n) is 6.11. The van der Waals surface area contributed by atoms with Crippen LogP contribution in [0.3, 0.4) is 0 Å². The largest absolute Gasteiger partial charge is 0.494 e. The average Bonchev–Trinajstić information content (AvgIpc) is 2.66. The van der Waals surface area contributed by atoms with Gasteiger partial charge in [-0.15, -0.1) is 0 Å². The highest BCUT2D eigenvalue weighted by molar-refractivity contribution is 5.96. The van der Waals surface area contributed by atoms with Crippen molar-refractivity contribution in [2.45, 2.75) is 26.7 Å². The Hall–Kier alpha value is -3.35. The van der Waals surface area contributed by atoms with E-state index in [2.05, 4.69) is 17.6 Å². The maximum absolute atomic E-state index is 12.1. The van der Waals surface area contributed by atoms with Gasteiger partial charge in [0.05, 0.1) is 12.2 Å². The summed E-state index contributed by atoms with van der Waals surface area (Å²) in [6, 6.07) is 13.3. The van der Waals surface area contributed by atoms with Crippen LogP contribution >= 0.6 is 0 Å². The van der Waals surface area contributed by atoms with Crippen LogP contribution in [-0.2, 0) is 14.3 Å².